The second-order valence-electron chi connectivity index (χ2n) is 5.82. The van der Waals surface area contributed by atoms with Gasteiger partial charge in [0.15, 0.2) is 0 Å². The highest BCUT2D eigenvalue weighted by atomic mass is 35.5. The molecule has 0 aliphatic heterocycles. The van der Waals surface area contributed by atoms with Crippen molar-refractivity contribution in [2.75, 3.05) is 6.54 Å². The molecule has 0 fully saturated rings. The Morgan fingerprint density at radius 2 is 1.75 bits per heavy atom. The van der Waals surface area contributed by atoms with Crippen LogP contribution in [0.4, 0.5) is 0 Å². The van der Waals surface area contributed by atoms with E-state index in [-0.39, 0.29) is 0 Å². The lowest BCUT2D eigenvalue weighted by molar-refractivity contribution is 0.303. The fraction of sp³-hybridized carbons (Fsp3) is 0.238. The van der Waals surface area contributed by atoms with Gasteiger partial charge in [0.25, 0.3) is 0 Å². The zero-order chi connectivity index (χ0) is 16.8. The van der Waals surface area contributed by atoms with E-state index in [0.717, 1.165) is 35.8 Å². The minimum atomic E-state index is 0.471. The van der Waals surface area contributed by atoms with Gasteiger partial charge in [0.2, 0.25) is 0 Å². The first-order valence-electron chi connectivity index (χ1n) is 8.37. The molecule has 0 atom stereocenters. The van der Waals surface area contributed by atoms with Crippen LogP contribution in [0, 0.1) is 0 Å². The van der Waals surface area contributed by atoms with Gasteiger partial charge in [0, 0.05) is 22.7 Å². The number of hydrogen-bond donors (Lipinski definition) is 1. The van der Waals surface area contributed by atoms with Crippen LogP contribution in [0.1, 0.15) is 24.5 Å². The normalized spacial score (nSPS) is 10.9. The lowest BCUT2D eigenvalue weighted by atomic mass is 10.0. The van der Waals surface area contributed by atoms with Gasteiger partial charge in [0.1, 0.15) is 12.4 Å². The molecule has 0 unspecified atom stereocenters. The molecule has 0 aromatic heterocycles. The summed E-state index contributed by atoms with van der Waals surface area (Å²) in [5.74, 6) is 0.914. The molecule has 1 N–H and O–H groups in total. The summed E-state index contributed by atoms with van der Waals surface area (Å²) in [7, 11) is 0. The molecular weight excluding hydrogens is 318 g/mol. The Morgan fingerprint density at radius 1 is 0.958 bits per heavy atom. The molecule has 3 heteroatoms. The number of ether oxygens (including phenoxy) is 1. The highest BCUT2D eigenvalue weighted by Crippen LogP contribution is 2.29. The van der Waals surface area contributed by atoms with Gasteiger partial charge in [-0.25, -0.2) is 0 Å². The monoisotopic (exact) mass is 339 g/mol. The summed E-state index contributed by atoms with van der Waals surface area (Å²) >= 11 is 6.24. The summed E-state index contributed by atoms with van der Waals surface area (Å²) < 4.78 is 6.12. The smallest absolute Gasteiger partial charge is 0.124 e. The van der Waals surface area contributed by atoms with Crippen molar-refractivity contribution < 1.29 is 4.74 Å². The lowest BCUT2D eigenvalue weighted by Gasteiger charge is -2.15. The summed E-state index contributed by atoms with van der Waals surface area (Å²) in [6.45, 7) is 4.43. The average Bonchev–Trinajstić information content (AvgIpc) is 2.62. The Morgan fingerprint density at radius 3 is 2.58 bits per heavy atom. The topological polar surface area (TPSA) is 21.3 Å². The highest BCUT2D eigenvalue weighted by Gasteiger charge is 2.09. The van der Waals surface area contributed by atoms with Crippen molar-refractivity contribution in [3.05, 3.63) is 76.8 Å². The molecule has 3 aromatic carbocycles. The zero-order valence-electron chi connectivity index (χ0n) is 13.9. The van der Waals surface area contributed by atoms with Crippen LogP contribution in [0.15, 0.2) is 60.7 Å². The van der Waals surface area contributed by atoms with E-state index in [2.05, 4.69) is 48.6 Å². The van der Waals surface area contributed by atoms with Crippen molar-refractivity contribution in [2.24, 2.45) is 0 Å². The van der Waals surface area contributed by atoms with Crippen LogP contribution in [-0.2, 0) is 13.2 Å². The maximum atomic E-state index is 6.24. The third-order valence-electron chi connectivity index (χ3n) is 4.07. The van der Waals surface area contributed by atoms with Gasteiger partial charge >= 0.3 is 0 Å². The Hall–Kier alpha value is -2.03. The van der Waals surface area contributed by atoms with Crippen molar-refractivity contribution in [2.45, 2.75) is 26.5 Å². The van der Waals surface area contributed by atoms with E-state index in [9.17, 15) is 0 Å². The van der Waals surface area contributed by atoms with E-state index >= 15 is 0 Å². The Bertz CT molecular complexity index is 816. The first-order valence-corrected chi connectivity index (χ1v) is 8.75. The van der Waals surface area contributed by atoms with Gasteiger partial charge in [0.05, 0.1) is 0 Å². The first-order chi connectivity index (χ1) is 11.8. The van der Waals surface area contributed by atoms with E-state index < -0.39 is 0 Å². The number of nitrogens with one attached hydrogen (secondary N) is 1. The second-order valence-corrected chi connectivity index (χ2v) is 6.23. The third-order valence-corrected chi connectivity index (χ3v) is 4.44. The predicted molar refractivity (Wildman–Crippen MR) is 102 cm³/mol. The van der Waals surface area contributed by atoms with Gasteiger partial charge < -0.3 is 10.1 Å². The van der Waals surface area contributed by atoms with Crippen molar-refractivity contribution in [1.29, 1.82) is 0 Å². The standard InChI is InChI=1S/C21H22ClNO/c1-2-13-23-14-19-18-9-5-3-7-16(18)11-12-21(19)24-15-17-8-4-6-10-20(17)22/h3-12,23H,2,13-15H2,1H3. The molecule has 0 saturated carbocycles. The van der Waals surface area contributed by atoms with E-state index in [4.69, 9.17) is 16.3 Å². The Balaban J connectivity index is 1.88. The maximum absolute atomic E-state index is 6.24. The van der Waals surface area contributed by atoms with Gasteiger partial charge in [-0.3, -0.25) is 0 Å². The number of halogens is 1. The van der Waals surface area contributed by atoms with Crippen LogP contribution in [0.25, 0.3) is 10.8 Å². The quantitative estimate of drug-likeness (QED) is 0.568. The van der Waals surface area contributed by atoms with E-state index in [1.54, 1.807) is 0 Å². The highest BCUT2D eigenvalue weighted by molar-refractivity contribution is 6.31. The summed E-state index contributed by atoms with van der Waals surface area (Å²) in [6, 6.07) is 20.4. The van der Waals surface area contributed by atoms with Crippen molar-refractivity contribution in [3.63, 3.8) is 0 Å². The molecule has 0 aliphatic rings. The van der Waals surface area contributed by atoms with Crippen LogP contribution in [0.3, 0.4) is 0 Å². The van der Waals surface area contributed by atoms with Crippen LogP contribution < -0.4 is 10.1 Å². The molecule has 0 spiro atoms. The molecule has 3 aromatic rings. The van der Waals surface area contributed by atoms with Gasteiger partial charge in [-0.05, 0) is 35.9 Å². The van der Waals surface area contributed by atoms with Gasteiger partial charge in [-0.15, -0.1) is 0 Å². The Kier molecular flexibility index (Phi) is 5.73. The van der Waals surface area contributed by atoms with Crippen LogP contribution in [0.5, 0.6) is 5.75 Å². The fourth-order valence-electron chi connectivity index (χ4n) is 2.79. The van der Waals surface area contributed by atoms with Crippen molar-refractivity contribution in [1.82, 2.24) is 5.32 Å². The average molecular weight is 340 g/mol. The maximum Gasteiger partial charge on any atom is 0.124 e. The molecular formula is C21H22ClNO. The molecule has 0 radical (unpaired) electrons. The van der Waals surface area contributed by atoms with Crippen LogP contribution in [-0.4, -0.2) is 6.54 Å². The second kappa shape index (κ2) is 8.18. The molecule has 124 valence electrons. The van der Waals surface area contributed by atoms with E-state index in [1.807, 2.05) is 24.3 Å². The summed E-state index contributed by atoms with van der Waals surface area (Å²) in [6.07, 6.45) is 1.11. The van der Waals surface area contributed by atoms with Crippen molar-refractivity contribution in [3.8, 4) is 5.75 Å². The van der Waals surface area contributed by atoms with Gasteiger partial charge in [-0.2, -0.15) is 0 Å². The number of hydrogen-bond acceptors (Lipinski definition) is 2. The van der Waals surface area contributed by atoms with E-state index in [1.165, 1.54) is 16.3 Å². The number of fused-ring (bicyclic) bond motifs is 1. The molecule has 3 rings (SSSR count). The third kappa shape index (κ3) is 3.89. The van der Waals surface area contributed by atoms with E-state index in [0.29, 0.717) is 6.61 Å². The summed E-state index contributed by atoms with van der Waals surface area (Å²) in [5, 5.41) is 6.69. The summed E-state index contributed by atoms with van der Waals surface area (Å²) in [4.78, 5) is 0. The summed E-state index contributed by atoms with van der Waals surface area (Å²) in [5.41, 5.74) is 2.20. The van der Waals surface area contributed by atoms with Crippen LogP contribution >= 0.6 is 11.6 Å². The molecule has 0 bridgehead atoms. The van der Waals surface area contributed by atoms with Crippen molar-refractivity contribution >= 4 is 22.4 Å². The molecule has 0 aliphatic carbocycles. The molecule has 0 amide bonds. The predicted octanol–water partition coefficient (Wildman–Crippen LogP) is 5.57. The molecule has 0 heterocycles. The number of benzene rings is 3. The minimum absolute atomic E-state index is 0.471. The Labute approximate surface area is 148 Å². The van der Waals surface area contributed by atoms with Gasteiger partial charge in [-0.1, -0.05) is 67.1 Å². The fourth-order valence-corrected chi connectivity index (χ4v) is 2.98. The SMILES string of the molecule is CCCNCc1c(OCc2ccccc2Cl)ccc2ccccc12. The number of rotatable bonds is 7. The first kappa shape index (κ1) is 16.8. The zero-order valence-corrected chi connectivity index (χ0v) is 14.6. The minimum Gasteiger partial charge on any atom is -0.488 e. The molecule has 0 saturated heterocycles. The molecule has 24 heavy (non-hydrogen) atoms. The van der Waals surface area contributed by atoms with Crippen LogP contribution in [0.2, 0.25) is 5.02 Å². The largest absolute Gasteiger partial charge is 0.488 e. The molecule has 2 nitrogen and oxygen atoms in total. The lowest BCUT2D eigenvalue weighted by Crippen LogP contribution is -2.15.